The predicted octanol–water partition coefficient (Wildman–Crippen LogP) is 1.66. The maximum atomic E-state index is 11.5. The lowest BCUT2D eigenvalue weighted by molar-refractivity contribution is 0.414. The molecule has 0 unspecified atom stereocenters. The first kappa shape index (κ1) is 13.1. The van der Waals surface area contributed by atoms with E-state index in [-0.39, 0.29) is 11.4 Å². The van der Waals surface area contributed by atoms with Crippen LogP contribution >= 0.6 is 0 Å². The van der Waals surface area contributed by atoms with Crippen LogP contribution in [0.15, 0.2) is 35.4 Å². The van der Waals surface area contributed by atoms with Gasteiger partial charge in [0.15, 0.2) is 0 Å². The van der Waals surface area contributed by atoms with Gasteiger partial charge in [-0.05, 0) is 37.0 Å². The van der Waals surface area contributed by atoms with Crippen LogP contribution in [-0.2, 0) is 12.8 Å². The van der Waals surface area contributed by atoms with Crippen LogP contribution in [0.3, 0.4) is 0 Å². The van der Waals surface area contributed by atoms with E-state index >= 15 is 0 Å². The zero-order chi connectivity index (χ0) is 13.7. The molecular weight excluding hydrogens is 244 g/mol. The number of hydrogen-bond donors (Lipinski definition) is 2. The molecule has 1 aromatic carbocycles. The summed E-state index contributed by atoms with van der Waals surface area (Å²) < 4.78 is 5.09. The normalized spacial score (nSPS) is 10.4. The largest absolute Gasteiger partial charge is 0.497 e. The summed E-state index contributed by atoms with van der Waals surface area (Å²) in [5, 5.41) is 9.51. The van der Waals surface area contributed by atoms with Gasteiger partial charge in [-0.1, -0.05) is 12.1 Å². The second-order valence-corrected chi connectivity index (χ2v) is 4.24. The second kappa shape index (κ2) is 6.04. The number of aromatic nitrogens is 2. The van der Waals surface area contributed by atoms with Crippen molar-refractivity contribution >= 4 is 0 Å². The Morgan fingerprint density at radius 3 is 2.63 bits per heavy atom. The summed E-state index contributed by atoms with van der Waals surface area (Å²) in [4.78, 5) is 17.6. The van der Waals surface area contributed by atoms with Crippen molar-refractivity contribution in [1.82, 2.24) is 9.97 Å². The summed E-state index contributed by atoms with van der Waals surface area (Å²) in [5.74, 6) is 0.642. The molecule has 0 saturated heterocycles. The van der Waals surface area contributed by atoms with Gasteiger partial charge in [-0.3, -0.25) is 4.79 Å². The average Bonchev–Trinajstić information content (AvgIpc) is 2.43. The number of hydrogen-bond acceptors (Lipinski definition) is 4. The third kappa shape index (κ3) is 3.34. The van der Waals surface area contributed by atoms with E-state index < -0.39 is 0 Å². The van der Waals surface area contributed by atoms with Gasteiger partial charge in [-0.15, -0.1) is 0 Å². The van der Waals surface area contributed by atoms with E-state index in [4.69, 9.17) is 4.74 Å². The molecule has 0 atom stereocenters. The van der Waals surface area contributed by atoms with Crippen molar-refractivity contribution in [3.05, 3.63) is 52.1 Å². The molecule has 0 radical (unpaired) electrons. The second-order valence-electron chi connectivity index (χ2n) is 4.24. The monoisotopic (exact) mass is 260 g/mol. The van der Waals surface area contributed by atoms with Gasteiger partial charge in [0.25, 0.3) is 5.56 Å². The summed E-state index contributed by atoms with van der Waals surface area (Å²) in [7, 11) is 1.63. The first-order valence-corrected chi connectivity index (χ1v) is 6.09. The smallest absolute Gasteiger partial charge is 0.257 e. The molecule has 2 N–H and O–H groups in total. The van der Waals surface area contributed by atoms with Crippen molar-refractivity contribution in [2.24, 2.45) is 0 Å². The Morgan fingerprint density at radius 1 is 1.26 bits per heavy atom. The lowest BCUT2D eigenvalue weighted by Crippen LogP contribution is -2.13. The molecule has 0 bridgehead atoms. The molecule has 0 aliphatic carbocycles. The Kier molecular flexibility index (Phi) is 4.18. The fraction of sp³-hybridized carbons (Fsp3) is 0.286. The highest BCUT2D eigenvalue weighted by Crippen LogP contribution is 2.14. The number of aryl methyl sites for hydroxylation is 1. The van der Waals surface area contributed by atoms with E-state index in [9.17, 15) is 9.90 Å². The SMILES string of the molecule is COc1ccc(CCCc2c(O)nc[nH]c2=O)cc1. The summed E-state index contributed by atoms with van der Waals surface area (Å²) >= 11 is 0. The van der Waals surface area contributed by atoms with Crippen LogP contribution in [0, 0.1) is 0 Å². The molecule has 2 aromatic rings. The molecule has 0 saturated carbocycles. The molecule has 2 rings (SSSR count). The molecule has 1 aromatic heterocycles. The number of aromatic hydroxyl groups is 1. The molecule has 5 heteroatoms. The van der Waals surface area contributed by atoms with Crippen molar-refractivity contribution in [3.8, 4) is 11.6 Å². The summed E-state index contributed by atoms with van der Waals surface area (Å²) in [6.45, 7) is 0. The quantitative estimate of drug-likeness (QED) is 0.857. The van der Waals surface area contributed by atoms with Crippen LogP contribution in [0.2, 0.25) is 0 Å². The van der Waals surface area contributed by atoms with Crippen molar-refractivity contribution < 1.29 is 9.84 Å². The zero-order valence-corrected chi connectivity index (χ0v) is 10.7. The van der Waals surface area contributed by atoms with E-state index in [1.807, 2.05) is 24.3 Å². The van der Waals surface area contributed by atoms with Gasteiger partial charge in [0.1, 0.15) is 5.75 Å². The van der Waals surface area contributed by atoms with Crippen LogP contribution in [0.5, 0.6) is 11.6 Å². The Morgan fingerprint density at radius 2 is 2.00 bits per heavy atom. The highest BCUT2D eigenvalue weighted by Gasteiger charge is 2.07. The molecule has 0 aliphatic heterocycles. The zero-order valence-electron chi connectivity index (χ0n) is 10.7. The fourth-order valence-electron chi connectivity index (χ4n) is 1.91. The summed E-state index contributed by atoms with van der Waals surface area (Å²) in [5.41, 5.74) is 1.24. The average molecular weight is 260 g/mol. The van der Waals surface area contributed by atoms with Gasteiger partial charge in [0.05, 0.1) is 19.0 Å². The molecule has 19 heavy (non-hydrogen) atoms. The van der Waals surface area contributed by atoms with E-state index in [1.165, 1.54) is 11.9 Å². The van der Waals surface area contributed by atoms with Gasteiger partial charge < -0.3 is 14.8 Å². The number of benzene rings is 1. The van der Waals surface area contributed by atoms with Crippen molar-refractivity contribution in [2.45, 2.75) is 19.3 Å². The third-order valence-electron chi connectivity index (χ3n) is 2.98. The standard InChI is InChI=1S/C14H16N2O3/c1-19-11-7-5-10(6-8-11)3-2-4-12-13(17)15-9-16-14(12)18/h5-9H,2-4H2,1H3,(H2,15,16,17,18). The third-order valence-corrected chi connectivity index (χ3v) is 2.98. The van der Waals surface area contributed by atoms with E-state index in [2.05, 4.69) is 9.97 Å². The highest BCUT2D eigenvalue weighted by molar-refractivity contribution is 5.27. The van der Waals surface area contributed by atoms with Crippen LogP contribution in [0.1, 0.15) is 17.5 Å². The fourth-order valence-corrected chi connectivity index (χ4v) is 1.91. The number of nitrogens with one attached hydrogen (secondary N) is 1. The Labute approximate surface area is 110 Å². The molecule has 0 spiro atoms. The van der Waals surface area contributed by atoms with Gasteiger partial charge in [0, 0.05) is 0 Å². The number of aromatic amines is 1. The molecule has 100 valence electrons. The Hall–Kier alpha value is -2.30. The summed E-state index contributed by atoms with van der Waals surface area (Å²) in [6, 6.07) is 7.80. The molecule has 0 aliphatic rings. The van der Waals surface area contributed by atoms with E-state index in [0.29, 0.717) is 12.0 Å². The van der Waals surface area contributed by atoms with Crippen LogP contribution in [-0.4, -0.2) is 22.2 Å². The Balaban J connectivity index is 1.94. The number of nitrogens with zero attached hydrogens (tertiary/aromatic N) is 1. The lowest BCUT2D eigenvalue weighted by Gasteiger charge is -2.04. The van der Waals surface area contributed by atoms with E-state index in [1.54, 1.807) is 7.11 Å². The van der Waals surface area contributed by atoms with E-state index in [0.717, 1.165) is 18.6 Å². The minimum Gasteiger partial charge on any atom is -0.497 e. The lowest BCUT2D eigenvalue weighted by atomic mass is 10.1. The molecular formula is C14H16N2O3. The number of ether oxygens (including phenoxy) is 1. The summed E-state index contributed by atoms with van der Waals surface area (Å²) in [6.07, 6.45) is 3.30. The predicted molar refractivity (Wildman–Crippen MR) is 71.5 cm³/mol. The molecule has 1 heterocycles. The number of methoxy groups -OCH3 is 1. The topological polar surface area (TPSA) is 75.2 Å². The molecule has 0 fully saturated rings. The van der Waals surface area contributed by atoms with Gasteiger partial charge in [-0.25, -0.2) is 4.98 Å². The first-order chi connectivity index (χ1) is 9.20. The maximum absolute atomic E-state index is 11.5. The maximum Gasteiger partial charge on any atom is 0.257 e. The number of H-pyrrole nitrogens is 1. The highest BCUT2D eigenvalue weighted by atomic mass is 16.5. The van der Waals surface area contributed by atoms with Crippen molar-refractivity contribution in [2.75, 3.05) is 7.11 Å². The van der Waals surface area contributed by atoms with Crippen molar-refractivity contribution in [1.29, 1.82) is 0 Å². The molecule has 0 amide bonds. The van der Waals surface area contributed by atoms with Gasteiger partial charge in [-0.2, -0.15) is 0 Å². The molecule has 5 nitrogen and oxygen atoms in total. The Bertz CT molecular complexity index is 590. The first-order valence-electron chi connectivity index (χ1n) is 6.09. The van der Waals surface area contributed by atoms with Gasteiger partial charge >= 0.3 is 0 Å². The minimum absolute atomic E-state index is 0.182. The minimum atomic E-state index is -0.276. The van der Waals surface area contributed by atoms with Crippen molar-refractivity contribution in [3.63, 3.8) is 0 Å². The number of rotatable bonds is 5. The van der Waals surface area contributed by atoms with Gasteiger partial charge in [0.2, 0.25) is 5.88 Å². The van der Waals surface area contributed by atoms with Crippen LogP contribution in [0.25, 0.3) is 0 Å². The van der Waals surface area contributed by atoms with Crippen LogP contribution < -0.4 is 10.3 Å². The van der Waals surface area contributed by atoms with Crippen LogP contribution in [0.4, 0.5) is 0 Å².